The van der Waals surface area contributed by atoms with Gasteiger partial charge >= 0.3 is 0 Å². The number of ether oxygens (including phenoxy) is 1. The van der Waals surface area contributed by atoms with E-state index in [1.54, 1.807) is 6.33 Å². The van der Waals surface area contributed by atoms with Gasteiger partial charge in [0.25, 0.3) is 0 Å². The molecule has 0 aliphatic carbocycles. The predicted molar refractivity (Wildman–Crippen MR) is 69.8 cm³/mol. The molecule has 102 valence electrons. The van der Waals surface area contributed by atoms with Crippen molar-refractivity contribution >= 4 is 11.2 Å². The SMILES string of the molecule is Cc1ncnc2c1nc(C)n2C[C@H]1CCC(CO)O1. The van der Waals surface area contributed by atoms with Crippen LogP contribution in [-0.2, 0) is 11.3 Å². The Morgan fingerprint density at radius 1 is 1.32 bits per heavy atom. The average molecular weight is 262 g/mol. The molecule has 0 spiro atoms. The van der Waals surface area contributed by atoms with Gasteiger partial charge in [-0.15, -0.1) is 0 Å². The Hall–Kier alpha value is -1.53. The van der Waals surface area contributed by atoms with Crippen LogP contribution in [0.3, 0.4) is 0 Å². The van der Waals surface area contributed by atoms with Crippen LogP contribution < -0.4 is 0 Å². The minimum atomic E-state index is -0.0172. The highest BCUT2D eigenvalue weighted by Gasteiger charge is 2.26. The first-order chi connectivity index (χ1) is 9.19. The van der Waals surface area contributed by atoms with Crippen molar-refractivity contribution in [2.75, 3.05) is 6.61 Å². The standard InChI is InChI=1S/C13H18N4O2/c1-8-12-13(15-7-14-8)17(9(2)16-12)5-10-3-4-11(6-18)19-10/h7,10-11,18H,3-6H2,1-2H3/t10-,11?/m1/s1. The number of aryl methyl sites for hydroxylation is 2. The van der Waals surface area contributed by atoms with Gasteiger partial charge in [0.2, 0.25) is 0 Å². The maximum Gasteiger partial charge on any atom is 0.163 e. The van der Waals surface area contributed by atoms with E-state index in [0.717, 1.165) is 42.1 Å². The molecule has 6 heteroatoms. The molecule has 3 heterocycles. The molecule has 1 aliphatic heterocycles. The second-order valence-electron chi connectivity index (χ2n) is 5.04. The second-order valence-corrected chi connectivity index (χ2v) is 5.04. The zero-order chi connectivity index (χ0) is 13.4. The van der Waals surface area contributed by atoms with E-state index in [2.05, 4.69) is 19.5 Å². The highest BCUT2D eigenvalue weighted by molar-refractivity contribution is 5.73. The third-order valence-electron chi connectivity index (χ3n) is 3.69. The summed E-state index contributed by atoms with van der Waals surface area (Å²) >= 11 is 0. The molecule has 2 atom stereocenters. The van der Waals surface area contributed by atoms with Crippen molar-refractivity contribution in [1.29, 1.82) is 0 Å². The fraction of sp³-hybridized carbons (Fsp3) is 0.615. The van der Waals surface area contributed by atoms with Crippen molar-refractivity contribution < 1.29 is 9.84 Å². The number of aliphatic hydroxyl groups is 1. The van der Waals surface area contributed by atoms with Crippen LogP contribution >= 0.6 is 0 Å². The van der Waals surface area contributed by atoms with Gasteiger partial charge in [0.15, 0.2) is 5.65 Å². The third-order valence-corrected chi connectivity index (χ3v) is 3.69. The van der Waals surface area contributed by atoms with Gasteiger partial charge in [0.05, 0.1) is 31.1 Å². The van der Waals surface area contributed by atoms with Crippen molar-refractivity contribution in [3.8, 4) is 0 Å². The lowest BCUT2D eigenvalue weighted by atomic mass is 10.2. The Morgan fingerprint density at radius 3 is 2.84 bits per heavy atom. The van der Waals surface area contributed by atoms with Crippen LogP contribution in [0.4, 0.5) is 0 Å². The molecule has 0 bridgehead atoms. The highest BCUT2D eigenvalue weighted by atomic mass is 16.5. The van der Waals surface area contributed by atoms with Crippen LogP contribution in [0.25, 0.3) is 11.2 Å². The number of fused-ring (bicyclic) bond motifs is 1. The number of rotatable bonds is 3. The molecule has 3 rings (SSSR count). The summed E-state index contributed by atoms with van der Waals surface area (Å²) in [4.78, 5) is 13.0. The van der Waals surface area contributed by atoms with E-state index in [4.69, 9.17) is 9.84 Å². The number of imidazole rings is 1. The van der Waals surface area contributed by atoms with Crippen LogP contribution in [0.1, 0.15) is 24.4 Å². The van der Waals surface area contributed by atoms with Gasteiger partial charge in [-0.1, -0.05) is 0 Å². The second kappa shape index (κ2) is 4.86. The molecule has 2 aromatic heterocycles. The van der Waals surface area contributed by atoms with Crippen LogP contribution in [0.5, 0.6) is 0 Å². The van der Waals surface area contributed by atoms with Crippen molar-refractivity contribution in [2.45, 2.75) is 45.4 Å². The lowest BCUT2D eigenvalue weighted by Crippen LogP contribution is -2.20. The monoisotopic (exact) mass is 262 g/mol. The van der Waals surface area contributed by atoms with Gasteiger partial charge in [-0.05, 0) is 26.7 Å². The molecule has 6 nitrogen and oxygen atoms in total. The Balaban J connectivity index is 1.89. The van der Waals surface area contributed by atoms with Crippen LogP contribution in [0.2, 0.25) is 0 Å². The number of hydrogen-bond donors (Lipinski definition) is 1. The van der Waals surface area contributed by atoms with Gasteiger partial charge in [0, 0.05) is 0 Å². The molecule has 2 aromatic rings. The van der Waals surface area contributed by atoms with E-state index in [-0.39, 0.29) is 18.8 Å². The van der Waals surface area contributed by atoms with Gasteiger partial charge < -0.3 is 14.4 Å². The molecule has 1 N–H and O–H groups in total. The Bertz CT molecular complexity index is 596. The fourth-order valence-electron chi connectivity index (χ4n) is 2.63. The van der Waals surface area contributed by atoms with E-state index < -0.39 is 0 Å². The zero-order valence-electron chi connectivity index (χ0n) is 11.2. The summed E-state index contributed by atoms with van der Waals surface area (Å²) in [5, 5.41) is 9.11. The van der Waals surface area contributed by atoms with E-state index in [1.165, 1.54) is 0 Å². The molecule has 1 fully saturated rings. The zero-order valence-corrected chi connectivity index (χ0v) is 11.2. The number of aromatic nitrogens is 4. The summed E-state index contributed by atoms with van der Waals surface area (Å²) in [6, 6.07) is 0. The molecule has 0 radical (unpaired) electrons. The molecule has 0 saturated carbocycles. The van der Waals surface area contributed by atoms with Crippen LogP contribution in [0, 0.1) is 13.8 Å². The van der Waals surface area contributed by atoms with Gasteiger partial charge in [-0.3, -0.25) is 0 Å². The minimum Gasteiger partial charge on any atom is -0.394 e. The van der Waals surface area contributed by atoms with Crippen LogP contribution in [0.15, 0.2) is 6.33 Å². The molecule has 1 aliphatic rings. The summed E-state index contributed by atoms with van der Waals surface area (Å²) in [6.07, 6.45) is 3.57. The molecule has 1 saturated heterocycles. The Kier molecular flexibility index (Phi) is 3.20. The maximum absolute atomic E-state index is 9.11. The number of hydrogen-bond acceptors (Lipinski definition) is 5. The predicted octanol–water partition coefficient (Wildman–Crippen LogP) is 0.983. The Labute approximate surface area is 111 Å². The summed E-state index contributed by atoms with van der Waals surface area (Å²) < 4.78 is 7.85. The maximum atomic E-state index is 9.11. The van der Waals surface area contributed by atoms with Crippen molar-refractivity contribution in [3.05, 3.63) is 17.8 Å². The topological polar surface area (TPSA) is 73.1 Å². The van der Waals surface area contributed by atoms with Crippen molar-refractivity contribution in [2.24, 2.45) is 0 Å². The van der Waals surface area contributed by atoms with Crippen molar-refractivity contribution in [3.63, 3.8) is 0 Å². The number of nitrogens with zero attached hydrogens (tertiary/aromatic N) is 4. The first kappa shape index (κ1) is 12.5. The van der Waals surface area contributed by atoms with E-state index in [0.29, 0.717) is 0 Å². The summed E-state index contributed by atoms with van der Waals surface area (Å²) in [5.74, 6) is 0.926. The fourth-order valence-corrected chi connectivity index (χ4v) is 2.63. The van der Waals surface area contributed by atoms with Crippen molar-refractivity contribution in [1.82, 2.24) is 19.5 Å². The van der Waals surface area contributed by atoms with Crippen LogP contribution in [-0.4, -0.2) is 43.4 Å². The molecule has 1 unspecified atom stereocenters. The third kappa shape index (κ3) is 2.21. The largest absolute Gasteiger partial charge is 0.394 e. The summed E-state index contributed by atoms with van der Waals surface area (Å²) in [6.45, 7) is 4.74. The molecule has 0 aromatic carbocycles. The van der Waals surface area contributed by atoms with Gasteiger partial charge in [0.1, 0.15) is 17.7 Å². The van der Waals surface area contributed by atoms with E-state index >= 15 is 0 Å². The average Bonchev–Trinajstić information content (AvgIpc) is 2.97. The first-order valence-corrected chi connectivity index (χ1v) is 6.59. The molecular formula is C13H18N4O2. The molecule has 19 heavy (non-hydrogen) atoms. The van der Waals surface area contributed by atoms with Gasteiger partial charge in [-0.2, -0.15) is 0 Å². The van der Waals surface area contributed by atoms with E-state index in [1.807, 2.05) is 13.8 Å². The normalized spacial score (nSPS) is 23.3. The lowest BCUT2D eigenvalue weighted by Gasteiger charge is -2.14. The summed E-state index contributed by atoms with van der Waals surface area (Å²) in [5.41, 5.74) is 2.62. The smallest absolute Gasteiger partial charge is 0.163 e. The first-order valence-electron chi connectivity index (χ1n) is 6.59. The highest BCUT2D eigenvalue weighted by Crippen LogP contribution is 2.23. The summed E-state index contributed by atoms with van der Waals surface area (Å²) in [7, 11) is 0. The minimum absolute atomic E-state index is 0.0172. The van der Waals surface area contributed by atoms with E-state index in [9.17, 15) is 0 Å². The molecular weight excluding hydrogens is 244 g/mol. The van der Waals surface area contributed by atoms with Gasteiger partial charge in [-0.25, -0.2) is 15.0 Å². The molecule has 0 amide bonds. The lowest BCUT2D eigenvalue weighted by molar-refractivity contribution is 0.00516. The quantitative estimate of drug-likeness (QED) is 0.892. The Morgan fingerprint density at radius 2 is 2.11 bits per heavy atom. The number of aliphatic hydroxyl groups excluding tert-OH is 1.